The van der Waals surface area contributed by atoms with Crippen LogP contribution >= 0.6 is 0 Å². The highest BCUT2D eigenvalue weighted by molar-refractivity contribution is 5.80. The van der Waals surface area contributed by atoms with Gasteiger partial charge in [-0.1, -0.05) is 29.8 Å². The highest BCUT2D eigenvalue weighted by Gasteiger charge is 2.17. The van der Waals surface area contributed by atoms with E-state index in [9.17, 15) is 9.59 Å². The van der Waals surface area contributed by atoms with Crippen molar-refractivity contribution in [3.8, 4) is 11.4 Å². The second-order valence-electron chi connectivity index (χ2n) is 7.01. The van der Waals surface area contributed by atoms with Gasteiger partial charge < -0.3 is 10.1 Å². The number of hydrogen-bond donors (Lipinski definition) is 1. The molecule has 30 heavy (non-hydrogen) atoms. The number of hydrogen-bond acceptors (Lipinski definition) is 4. The van der Waals surface area contributed by atoms with Crippen LogP contribution in [-0.2, 0) is 17.9 Å². The summed E-state index contributed by atoms with van der Waals surface area (Å²) in [5.74, 6) is 0.548. The molecule has 0 saturated carbocycles. The molecule has 0 saturated heterocycles. The van der Waals surface area contributed by atoms with Crippen molar-refractivity contribution >= 4 is 16.9 Å². The fourth-order valence-electron chi connectivity index (χ4n) is 3.31. The van der Waals surface area contributed by atoms with E-state index in [-0.39, 0.29) is 18.0 Å². The van der Waals surface area contributed by atoms with Gasteiger partial charge in [-0.05, 0) is 48.9 Å². The van der Waals surface area contributed by atoms with E-state index in [1.807, 2.05) is 55.5 Å². The number of rotatable bonds is 6. The van der Waals surface area contributed by atoms with Crippen LogP contribution in [0.3, 0.4) is 0 Å². The van der Waals surface area contributed by atoms with E-state index in [0.717, 1.165) is 16.9 Å². The number of aromatic nitrogens is 3. The number of methoxy groups -OCH3 is 1. The Morgan fingerprint density at radius 2 is 1.80 bits per heavy atom. The van der Waals surface area contributed by atoms with Crippen molar-refractivity contribution in [3.63, 3.8) is 0 Å². The van der Waals surface area contributed by atoms with Gasteiger partial charge in [0.25, 0.3) is 5.56 Å². The molecule has 0 unspecified atom stereocenters. The zero-order valence-electron chi connectivity index (χ0n) is 16.8. The van der Waals surface area contributed by atoms with Crippen molar-refractivity contribution in [2.75, 3.05) is 7.11 Å². The lowest BCUT2D eigenvalue weighted by Crippen LogP contribution is -2.31. The summed E-state index contributed by atoms with van der Waals surface area (Å²) in [5, 5.41) is 3.38. The van der Waals surface area contributed by atoms with Crippen LogP contribution in [0.25, 0.3) is 16.7 Å². The molecule has 152 valence electrons. The number of fused-ring (bicyclic) bond motifs is 1. The zero-order valence-corrected chi connectivity index (χ0v) is 16.8. The van der Waals surface area contributed by atoms with Gasteiger partial charge in [-0.25, -0.2) is 9.67 Å². The van der Waals surface area contributed by atoms with Gasteiger partial charge >= 0.3 is 0 Å². The summed E-state index contributed by atoms with van der Waals surface area (Å²) in [5.41, 5.74) is 3.00. The first kappa shape index (κ1) is 19.4. The number of ether oxygens (including phenoxy) is 1. The van der Waals surface area contributed by atoms with E-state index in [1.54, 1.807) is 30.1 Å². The molecule has 1 N–H and O–H groups in total. The first-order chi connectivity index (χ1) is 14.6. The highest BCUT2D eigenvalue weighted by atomic mass is 16.5. The molecule has 0 aliphatic carbocycles. The van der Waals surface area contributed by atoms with Gasteiger partial charge in [0, 0.05) is 12.7 Å². The minimum Gasteiger partial charge on any atom is -0.497 e. The van der Waals surface area contributed by atoms with Crippen LogP contribution in [0.2, 0.25) is 0 Å². The Labute approximate surface area is 173 Å². The van der Waals surface area contributed by atoms with Gasteiger partial charge in [-0.3, -0.25) is 14.3 Å². The summed E-state index contributed by atoms with van der Waals surface area (Å²) in [7, 11) is 1.61. The van der Waals surface area contributed by atoms with E-state index in [0.29, 0.717) is 23.3 Å². The van der Waals surface area contributed by atoms with Crippen molar-refractivity contribution in [2.45, 2.75) is 20.0 Å². The number of nitrogens with zero attached hydrogens (tertiary/aromatic N) is 3. The van der Waals surface area contributed by atoms with Crippen LogP contribution in [-0.4, -0.2) is 27.4 Å². The van der Waals surface area contributed by atoms with E-state index in [4.69, 9.17) is 4.74 Å². The minimum absolute atomic E-state index is 0.0280. The zero-order chi connectivity index (χ0) is 21.1. The molecular weight excluding hydrogens is 380 g/mol. The summed E-state index contributed by atoms with van der Waals surface area (Å²) < 4.78 is 8.27. The summed E-state index contributed by atoms with van der Waals surface area (Å²) in [4.78, 5) is 30.1. The van der Waals surface area contributed by atoms with Gasteiger partial charge in [-0.2, -0.15) is 0 Å². The topological polar surface area (TPSA) is 78.2 Å². The van der Waals surface area contributed by atoms with E-state index in [1.165, 1.54) is 4.68 Å². The van der Waals surface area contributed by atoms with Crippen LogP contribution in [0.5, 0.6) is 5.75 Å². The third-order valence-corrected chi connectivity index (χ3v) is 4.92. The third-order valence-electron chi connectivity index (χ3n) is 4.92. The summed E-state index contributed by atoms with van der Waals surface area (Å²) >= 11 is 0. The van der Waals surface area contributed by atoms with Crippen LogP contribution in [0, 0.1) is 6.92 Å². The Morgan fingerprint density at radius 1 is 1.07 bits per heavy atom. The monoisotopic (exact) mass is 402 g/mol. The normalized spacial score (nSPS) is 10.9. The molecule has 0 bridgehead atoms. The summed E-state index contributed by atoms with van der Waals surface area (Å²) in [6.45, 7) is 2.33. The SMILES string of the molecule is COc1ccc(CNC(=O)Cn2c3ncccc3c(=O)n2-c2ccc(C)cc2)cc1. The molecule has 7 heteroatoms. The molecule has 0 aliphatic heterocycles. The highest BCUT2D eigenvalue weighted by Crippen LogP contribution is 2.14. The maximum Gasteiger partial charge on any atom is 0.280 e. The van der Waals surface area contributed by atoms with E-state index < -0.39 is 0 Å². The number of benzene rings is 2. The van der Waals surface area contributed by atoms with Crippen molar-refractivity contribution in [2.24, 2.45) is 0 Å². The molecule has 0 radical (unpaired) electrons. The predicted octanol–water partition coefficient (Wildman–Crippen LogP) is 2.82. The number of amides is 1. The number of carbonyl (C=O) groups is 1. The molecule has 2 aromatic carbocycles. The smallest absolute Gasteiger partial charge is 0.280 e. The molecule has 0 atom stereocenters. The lowest BCUT2D eigenvalue weighted by Gasteiger charge is -2.13. The molecule has 2 aromatic heterocycles. The van der Waals surface area contributed by atoms with Crippen LogP contribution < -0.4 is 15.6 Å². The van der Waals surface area contributed by atoms with Gasteiger partial charge in [0.2, 0.25) is 5.91 Å². The Morgan fingerprint density at radius 3 is 2.50 bits per heavy atom. The van der Waals surface area contributed by atoms with E-state index >= 15 is 0 Å². The molecular formula is C23H22N4O3. The van der Waals surface area contributed by atoms with Crippen LogP contribution in [0.4, 0.5) is 0 Å². The second kappa shape index (κ2) is 8.24. The molecule has 2 heterocycles. The quantitative estimate of drug-likeness (QED) is 0.538. The summed E-state index contributed by atoms with van der Waals surface area (Å²) in [6.07, 6.45) is 1.62. The predicted molar refractivity (Wildman–Crippen MR) is 115 cm³/mol. The Bertz CT molecular complexity index is 1240. The van der Waals surface area contributed by atoms with Gasteiger partial charge in [-0.15, -0.1) is 0 Å². The molecule has 0 spiro atoms. The van der Waals surface area contributed by atoms with Crippen molar-refractivity contribution in [3.05, 3.63) is 88.3 Å². The largest absolute Gasteiger partial charge is 0.497 e. The van der Waals surface area contributed by atoms with Gasteiger partial charge in [0.05, 0.1) is 18.2 Å². The minimum atomic E-state index is -0.214. The van der Waals surface area contributed by atoms with Crippen molar-refractivity contribution in [1.82, 2.24) is 19.7 Å². The maximum atomic E-state index is 13.0. The summed E-state index contributed by atoms with van der Waals surface area (Å²) in [6, 6.07) is 18.5. The lowest BCUT2D eigenvalue weighted by atomic mass is 10.2. The number of carbonyl (C=O) groups excluding carboxylic acids is 1. The first-order valence-corrected chi connectivity index (χ1v) is 9.60. The Hall–Kier alpha value is -3.87. The standard InChI is InChI=1S/C23H22N4O3/c1-16-5-9-18(10-6-16)27-23(29)20-4-3-13-24-22(20)26(27)15-21(28)25-14-17-7-11-19(30-2)12-8-17/h3-13H,14-15H2,1-2H3,(H,25,28). The van der Waals surface area contributed by atoms with E-state index in [2.05, 4.69) is 10.3 Å². The van der Waals surface area contributed by atoms with Crippen LogP contribution in [0.1, 0.15) is 11.1 Å². The average Bonchev–Trinajstić information content (AvgIpc) is 3.05. The van der Waals surface area contributed by atoms with Crippen molar-refractivity contribution < 1.29 is 9.53 Å². The molecule has 0 fully saturated rings. The van der Waals surface area contributed by atoms with Crippen molar-refractivity contribution in [1.29, 1.82) is 0 Å². The molecule has 4 aromatic rings. The molecule has 0 aliphatic rings. The molecule has 7 nitrogen and oxygen atoms in total. The fraction of sp³-hybridized carbons (Fsp3) is 0.174. The average molecular weight is 402 g/mol. The molecule has 1 amide bonds. The number of pyridine rings is 1. The van der Waals surface area contributed by atoms with Crippen LogP contribution in [0.15, 0.2) is 71.7 Å². The van der Waals surface area contributed by atoms with Gasteiger partial charge in [0.15, 0.2) is 5.65 Å². The second-order valence-corrected chi connectivity index (χ2v) is 7.01. The lowest BCUT2D eigenvalue weighted by molar-refractivity contribution is -0.122. The Kier molecular flexibility index (Phi) is 5.34. The number of aryl methyl sites for hydroxylation is 1. The fourth-order valence-corrected chi connectivity index (χ4v) is 3.31. The third kappa shape index (κ3) is 3.82. The molecule has 4 rings (SSSR count). The Balaban J connectivity index is 1.62. The number of nitrogens with one attached hydrogen (secondary N) is 1. The first-order valence-electron chi connectivity index (χ1n) is 9.60. The maximum absolute atomic E-state index is 13.0. The van der Waals surface area contributed by atoms with Gasteiger partial charge in [0.1, 0.15) is 12.3 Å².